The molecule has 0 aliphatic heterocycles. The Morgan fingerprint density at radius 3 is 0.375 bits per heavy atom. The normalized spacial score (nSPS) is 18.0. The van der Waals surface area contributed by atoms with Crippen molar-refractivity contribution in [3.05, 3.63) is 0 Å². The van der Waals surface area contributed by atoms with Gasteiger partial charge in [0.05, 0.1) is 0 Å². The second-order valence-electron chi connectivity index (χ2n) is 15.5. The highest BCUT2D eigenvalue weighted by Crippen LogP contribution is 2.71. The topological polar surface area (TPSA) is 0 Å². The van der Waals surface area contributed by atoms with Crippen molar-refractivity contribution in [2.75, 3.05) is 0 Å². The molecule has 0 radical (unpaired) electrons. The lowest BCUT2D eigenvalue weighted by Crippen LogP contribution is -2.75. The van der Waals surface area contributed by atoms with Crippen molar-refractivity contribution >= 4 is 0 Å². The second-order valence-corrected chi connectivity index (χ2v) is 15.5. The molecular formula is C28H6F52. The van der Waals surface area contributed by atoms with Crippen molar-refractivity contribution in [2.24, 2.45) is 11.8 Å². The van der Waals surface area contributed by atoms with Crippen LogP contribution in [0.1, 0.15) is 12.8 Å². The van der Waals surface area contributed by atoms with Gasteiger partial charge in [0.15, 0.2) is 0 Å². The molecule has 0 aromatic rings. The Kier molecular flexibility index (Phi) is 18.1. The quantitative estimate of drug-likeness (QED) is 0.0895. The summed E-state index contributed by atoms with van der Waals surface area (Å²) in [6.07, 6.45) is -50.3. The minimum absolute atomic E-state index is 7.26. The Bertz CT molecular complexity index is 2010. The smallest absolute Gasteiger partial charge is 0.200 e. The van der Waals surface area contributed by atoms with Crippen LogP contribution in [-0.2, 0) is 0 Å². The first-order valence-electron chi connectivity index (χ1n) is 17.3. The second kappa shape index (κ2) is 18.9. The van der Waals surface area contributed by atoms with E-state index in [1.807, 2.05) is 0 Å². The number of hydrogen-bond acceptors (Lipinski definition) is 0. The van der Waals surface area contributed by atoms with E-state index in [0.29, 0.717) is 0 Å². The number of alkyl halides is 52. The monoisotopic (exact) mass is 1330 g/mol. The number of halogens is 52. The molecule has 0 heterocycles. The average Bonchev–Trinajstić information content (AvgIpc) is 3.18. The van der Waals surface area contributed by atoms with Gasteiger partial charge in [-0.05, 0) is 0 Å². The van der Waals surface area contributed by atoms with Gasteiger partial charge >= 0.3 is 143 Å². The summed E-state index contributed by atoms with van der Waals surface area (Å²) in [4.78, 5) is 0. The predicted octanol–water partition coefficient (Wildman–Crippen LogP) is 18.0. The van der Waals surface area contributed by atoms with Crippen LogP contribution in [0.2, 0.25) is 0 Å². The van der Waals surface area contributed by atoms with Crippen LogP contribution in [0.3, 0.4) is 0 Å². The Morgan fingerprint density at radius 1 is 0.138 bits per heavy atom. The molecule has 0 fully saturated rings. The first-order valence-corrected chi connectivity index (χ1v) is 17.3. The van der Waals surface area contributed by atoms with E-state index in [2.05, 4.69) is 0 Å². The molecule has 0 bridgehead atoms. The van der Waals surface area contributed by atoms with Crippen molar-refractivity contribution in [3.63, 3.8) is 0 Å². The van der Waals surface area contributed by atoms with Gasteiger partial charge in [0.1, 0.15) is 0 Å². The van der Waals surface area contributed by atoms with Crippen molar-refractivity contribution in [1.29, 1.82) is 0 Å². The van der Waals surface area contributed by atoms with E-state index in [-0.39, 0.29) is 0 Å². The molecule has 0 spiro atoms. The summed E-state index contributed by atoms with van der Waals surface area (Å²) in [5, 5.41) is 0. The van der Waals surface area contributed by atoms with Gasteiger partial charge in [-0.15, -0.1) is 0 Å². The third kappa shape index (κ3) is 9.77. The molecule has 482 valence electrons. The maximum Gasteiger partial charge on any atom is 0.460 e. The van der Waals surface area contributed by atoms with E-state index in [1.165, 1.54) is 0 Å². The van der Waals surface area contributed by atoms with Crippen LogP contribution in [0.25, 0.3) is 0 Å². The first kappa shape index (κ1) is 76.4. The molecule has 0 aromatic carbocycles. The van der Waals surface area contributed by atoms with Gasteiger partial charge in [-0.25, -0.2) is 0 Å². The van der Waals surface area contributed by atoms with Crippen LogP contribution in [-0.4, -0.2) is 143 Å². The minimum Gasteiger partial charge on any atom is -0.200 e. The lowest BCUT2D eigenvalue weighted by molar-refractivity contribution is -0.460. The zero-order valence-electron chi connectivity index (χ0n) is 34.2. The Morgan fingerprint density at radius 2 is 0.250 bits per heavy atom. The summed E-state index contributed by atoms with van der Waals surface area (Å²) in [5.74, 6) is -222. The first-order chi connectivity index (χ1) is 33.4. The third-order valence-electron chi connectivity index (χ3n) is 10.3. The van der Waals surface area contributed by atoms with Gasteiger partial charge in [-0.3, -0.25) is 0 Å². The minimum atomic E-state index is -10.8. The Balaban J connectivity index is 10.3. The molecular weight excluding hydrogens is 1320 g/mol. The largest absolute Gasteiger partial charge is 0.460 e. The Hall–Kier alpha value is -3.64. The average molecular weight is 1330 g/mol. The summed E-state index contributed by atoms with van der Waals surface area (Å²) in [6, 6.07) is 0. The van der Waals surface area contributed by atoms with E-state index in [1.54, 1.807) is 0 Å². The summed E-state index contributed by atoms with van der Waals surface area (Å²) >= 11 is 0. The van der Waals surface area contributed by atoms with E-state index >= 15 is 35.1 Å². The van der Waals surface area contributed by atoms with Crippen LogP contribution >= 0.6 is 0 Å². The molecule has 0 N–H and O–H groups in total. The van der Waals surface area contributed by atoms with E-state index in [4.69, 9.17) is 0 Å². The number of rotatable bonds is 23. The van der Waals surface area contributed by atoms with Crippen molar-refractivity contribution in [2.45, 2.75) is 156 Å². The lowest BCUT2D eigenvalue weighted by Gasteiger charge is -2.49. The van der Waals surface area contributed by atoms with Crippen LogP contribution in [0.15, 0.2) is 0 Å². The molecule has 2 atom stereocenters. The van der Waals surface area contributed by atoms with Gasteiger partial charge in [-0.2, -0.15) is 228 Å². The van der Waals surface area contributed by atoms with Crippen molar-refractivity contribution < 1.29 is 228 Å². The van der Waals surface area contributed by atoms with Crippen LogP contribution in [0.5, 0.6) is 0 Å². The standard InChI is InChI=1S/C28H6F52/c29-5(30,9(37,38)13(45,46)17(53,54)21(61,62)25(69,70)71)1-3(7(33,34)11(41,42)15(49,50)19(57,58)23(65,66)27(75,76)77)4(8(35,36)12(43,44)16(51,52)20(59,60)24(67,68)28(78,79)80)2-6(31,32)10(39,40)14(47,48)18(55,56)22(63,64)26(72,73)74/h3-4H,1-2H2. The maximum atomic E-state index is 15.6. The Labute approximate surface area is 397 Å². The van der Waals surface area contributed by atoms with Crippen LogP contribution in [0, 0.1) is 11.8 Å². The fourth-order valence-corrected chi connectivity index (χ4v) is 5.49. The van der Waals surface area contributed by atoms with Crippen LogP contribution in [0.4, 0.5) is 228 Å². The molecule has 0 nitrogen and oxygen atoms in total. The van der Waals surface area contributed by atoms with Gasteiger partial charge in [-0.1, -0.05) is 0 Å². The fraction of sp³-hybridized carbons (Fsp3) is 1.00. The van der Waals surface area contributed by atoms with Crippen molar-refractivity contribution in [1.82, 2.24) is 0 Å². The SMILES string of the molecule is FC(F)(F)C(F)(F)C(F)(F)C(F)(F)C(F)(F)C(F)(F)CC(C(CC(F)(F)C(F)(F)C(F)(F)C(F)(F)C(F)(F)C(F)(F)F)C(F)(F)C(F)(F)C(F)(F)C(F)(F)C(F)(F)C(F)(F)F)C(F)(F)C(F)(F)C(F)(F)C(F)(F)C(F)(F)C(F)(F)F. The highest BCUT2D eigenvalue weighted by atomic mass is 19.5. The molecule has 80 heavy (non-hydrogen) atoms. The fourth-order valence-electron chi connectivity index (χ4n) is 5.49. The van der Waals surface area contributed by atoms with Crippen molar-refractivity contribution in [3.8, 4) is 0 Å². The van der Waals surface area contributed by atoms with Gasteiger partial charge in [0.25, 0.3) is 0 Å². The van der Waals surface area contributed by atoms with E-state index in [0.717, 1.165) is 0 Å². The summed E-state index contributed by atoms with van der Waals surface area (Å²) in [6.45, 7) is 0. The molecule has 0 saturated carbocycles. The molecule has 0 amide bonds. The molecule has 2 unspecified atom stereocenters. The van der Waals surface area contributed by atoms with Gasteiger partial charge in [0, 0.05) is 24.7 Å². The molecule has 0 aromatic heterocycles. The highest BCUT2D eigenvalue weighted by molar-refractivity contribution is 5.20. The third-order valence-corrected chi connectivity index (χ3v) is 10.3. The van der Waals surface area contributed by atoms with Gasteiger partial charge < -0.3 is 0 Å². The van der Waals surface area contributed by atoms with E-state index in [9.17, 15) is 193 Å². The molecule has 0 rings (SSSR count). The number of hydrogen-bond donors (Lipinski definition) is 0. The zero-order chi connectivity index (χ0) is 66.6. The van der Waals surface area contributed by atoms with E-state index < -0.39 is 168 Å². The molecule has 0 saturated heterocycles. The molecule has 52 heteroatoms. The maximum absolute atomic E-state index is 15.6. The van der Waals surface area contributed by atoms with Crippen LogP contribution < -0.4 is 0 Å². The lowest BCUT2D eigenvalue weighted by atomic mass is 9.68. The molecule has 0 aliphatic carbocycles. The summed E-state index contributed by atoms with van der Waals surface area (Å²) in [7, 11) is 0. The zero-order valence-corrected chi connectivity index (χ0v) is 34.2. The predicted molar refractivity (Wildman–Crippen MR) is 139 cm³/mol. The summed E-state index contributed by atoms with van der Waals surface area (Å²) in [5.41, 5.74) is 0. The highest BCUT2D eigenvalue weighted by Gasteiger charge is 2.98. The van der Waals surface area contributed by atoms with Gasteiger partial charge in [0.2, 0.25) is 0 Å². The molecule has 0 aliphatic rings. The summed E-state index contributed by atoms with van der Waals surface area (Å²) < 4.78 is 724.